The van der Waals surface area contributed by atoms with Gasteiger partial charge in [-0.1, -0.05) is 41.9 Å². The molecule has 0 spiro atoms. The number of benzene rings is 3. The monoisotopic (exact) mass is 494 g/mol. The van der Waals surface area contributed by atoms with Gasteiger partial charge >= 0.3 is 11.8 Å². The lowest BCUT2D eigenvalue weighted by molar-refractivity contribution is -0.136. The fourth-order valence-electron chi connectivity index (χ4n) is 2.82. The van der Waals surface area contributed by atoms with Gasteiger partial charge in [0.1, 0.15) is 11.5 Å². The molecule has 3 amide bonds. The first-order valence-corrected chi connectivity index (χ1v) is 11.0. The first-order chi connectivity index (χ1) is 17.0. The molecule has 3 N–H and O–H groups in total. The van der Waals surface area contributed by atoms with E-state index in [2.05, 4.69) is 21.2 Å². The van der Waals surface area contributed by atoms with Crippen LogP contribution in [-0.4, -0.2) is 37.1 Å². The highest BCUT2D eigenvalue weighted by Gasteiger charge is 2.15. The highest BCUT2D eigenvalue weighted by atomic mass is 35.5. The van der Waals surface area contributed by atoms with Crippen molar-refractivity contribution in [2.45, 2.75) is 6.92 Å². The Morgan fingerprint density at radius 1 is 0.886 bits per heavy atom. The quantitative estimate of drug-likeness (QED) is 0.237. The Morgan fingerprint density at radius 2 is 1.63 bits per heavy atom. The average Bonchev–Trinajstić information content (AvgIpc) is 2.85. The maximum atomic E-state index is 12.1. The summed E-state index contributed by atoms with van der Waals surface area (Å²) in [5, 5.41) is 9.21. The summed E-state index contributed by atoms with van der Waals surface area (Å²) in [5.41, 5.74) is 3.72. The molecule has 0 bridgehead atoms. The number of hydrogen-bond donors (Lipinski definition) is 3. The highest BCUT2D eigenvalue weighted by Crippen LogP contribution is 2.25. The first-order valence-electron chi connectivity index (χ1n) is 10.6. The van der Waals surface area contributed by atoms with Crippen LogP contribution in [0.1, 0.15) is 12.5 Å². The fourth-order valence-corrected chi connectivity index (χ4v) is 3.07. The smallest absolute Gasteiger partial charge is 0.329 e. The van der Waals surface area contributed by atoms with Crippen molar-refractivity contribution in [2.24, 2.45) is 5.10 Å². The van der Waals surface area contributed by atoms with Crippen molar-refractivity contribution in [1.29, 1.82) is 0 Å². The molecule has 0 aromatic heterocycles. The number of halogens is 1. The maximum Gasteiger partial charge on any atom is 0.329 e. The van der Waals surface area contributed by atoms with Crippen LogP contribution in [0.15, 0.2) is 77.9 Å². The van der Waals surface area contributed by atoms with Gasteiger partial charge in [0.25, 0.3) is 5.91 Å². The topological polar surface area (TPSA) is 118 Å². The van der Waals surface area contributed by atoms with Crippen molar-refractivity contribution in [3.05, 3.63) is 83.4 Å². The molecular formula is C25H23ClN4O5. The molecule has 10 heteroatoms. The Hall–Kier alpha value is -4.37. The summed E-state index contributed by atoms with van der Waals surface area (Å²) in [4.78, 5) is 36.2. The van der Waals surface area contributed by atoms with Crippen LogP contribution in [0.4, 0.5) is 11.4 Å². The van der Waals surface area contributed by atoms with E-state index in [0.717, 1.165) is 0 Å². The lowest BCUT2D eigenvalue weighted by atomic mass is 10.2. The molecule has 0 fully saturated rings. The van der Waals surface area contributed by atoms with E-state index in [9.17, 15) is 14.4 Å². The number of nitrogens with zero attached hydrogens (tertiary/aromatic N) is 1. The van der Waals surface area contributed by atoms with E-state index in [1.54, 1.807) is 54.6 Å². The molecule has 9 nitrogen and oxygen atoms in total. The summed E-state index contributed by atoms with van der Waals surface area (Å²) in [6.07, 6.45) is 1.32. The summed E-state index contributed by atoms with van der Waals surface area (Å²) in [6, 6.07) is 20.5. The van der Waals surface area contributed by atoms with Gasteiger partial charge in [0.15, 0.2) is 6.61 Å². The van der Waals surface area contributed by atoms with Crippen LogP contribution >= 0.6 is 11.6 Å². The fraction of sp³-hybridized carbons (Fsp3) is 0.120. The number of anilines is 2. The lowest BCUT2D eigenvalue weighted by Gasteiger charge is -2.10. The van der Waals surface area contributed by atoms with Crippen molar-refractivity contribution in [3.8, 4) is 11.5 Å². The van der Waals surface area contributed by atoms with E-state index in [4.69, 9.17) is 21.1 Å². The van der Waals surface area contributed by atoms with E-state index in [0.29, 0.717) is 35.0 Å². The second kappa shape index (κ2) is 12.8. The lowest BCUT2D eigenvalue weighted by Crippen LogP contribution is -2.32. The molecule has 3 aromatic rings. The second-order valence-electron chi connectivity index (χ2n) is 6.98. The number of hydrazone groups is 1. The summed E-state index contributed by atoms with van der Waals surface area (Å²) in [5.74, 6) is -1.42. The van der Waals surface area contributed by atoms with Crippen molar-refractivity contribution in [1.82, 2.24) is 5.43 Å². The van der Waals surface area contributed by atoms with E-state index in [-0.39, 0.29) is 17.5 Å². The van der Waals surface area contributed by atoms with Gasteiger partial charge in [-0.2, -0.15) is 5.10 Å². The van der Waals surface area contributed by atoms with Crippen LogP contribution in [0.5, 0.6) is 11.5 Å². The summed E-state index contributed by atoms with van der Waals surface area (Å²) < 4.78 is 10.9. The zero-order valence-electron chi connectivity index (χ0n) is 18.8. The molecule has 0 unspecified atom stereocenters. The van der Waals surface area contributed by atoms with E-state index in [1.165, 1.54) is 6.21 Å². The van der Waals surface area contributed by atoms with Crippen molar-refractivity contribution in [3.63, 3.8) is 0 Å². The van der Waals surface area contributed by atoms with Gasteiger partial charge < -0.3 is 20.1 Å². The number of carbonyl (C=O) groups is 3. The van der Waals surface area contributed by atoms with Crippen LogP contribution in [0.25, 0.3) is 0 Å². The third kappa shape index (κ3) is 7.86. The average molecular weight is 495 g/mol. The third-order valence-corrected chi connectivity index (χ3v) is 4.69. The molecule has 35 heavy (non-hydrogen) atoms. The van der Waals surface area contributed by atoms with Gasteiger partial charge in [-0.3, -0.25) is 14.4 Å². The molecule has 0 aliphatic rings. The van der Waals surface area contributed by atoms with E-state index >= 15 is 0 Å². The van der Waals surface area contributed by atoms with Crippen molar-refractivity contribution >= 4 is 46.9 Å². The predicted octanol–water partition coefficient (Wildman–Crippen LogP) is 3.85. The van der Waals surface area contributed by atoms with Crippen LogP contribution in [0.3, 0.4) is 0 Å². The summed E-state index contributed by atoms with van der Waals surface area (Å²) in [6.45, 7) is 2.00. The SMILES string of the molecule is CCOc1ccccc1NC(=O)C(=O)N/N=C\c1ccc(OCC(=O)Nc2ccccc2)c(Cl)c1. The largest absolute Gasteiger partial charge is 0.492 e. The number of hydrogen-bond acceptors (Lipinski definition) is 6. The van der Waals surface area contributed by atoms with Gasteiger partial charge in [-0.05, 0) is 55.0 Å². The normalized spacial score (nSPS) is 10.5. The number of carbonyl (C=O) groups excluding carboxylic acids is 3. The van der Waals surface area contributed by atoms with Gasteiger partial charge in [0, 0.05) is 5.69 Å². The Bertz CT molecular complexity index is 1220. The van der Waals surface area contributed by atoms with E-state index in [1.807, 2.05) is 25.1 Å². The Kier molecular flexibility index (Phi) is 9.21. The molecular weight excluding hydrogens is 472 g/mol. The molecule has 0 atom stereocenters. The van der Waals surface area contributed by atoms with Crippen molar-refractivity contribution in [2.75, 3.05) is 23.8 Å². The molecule has 3 rings (SSSR count). The predicted molar refractivity (Wildman–Crippen MR) is 134 cm³/mol. The number of rotatable bonds is 9. The molecule has 180 valence electrons. The summed E-state index contributed by atoms with van der Waals surface area (Å²) in [7, 11) is 0. The number of nitrogens with one attached hydrogen (secondary N) is 3. The Labute approximate surface area is 207 Å². The molecule has 0 saturated heterocycles. The van der Waals surface area contributed by atoms with Crippen LogP contribution in [-0.2, 0) is 14.4 Å². The molecule has 0 saturated carbocycles. The Morgan fingerprint density at radius 3 is 2.37 bits per heavy atom. The Balaban J connectivity index is 1.49. The zero-order chi connectivity index (χ0) is 25.0. The third-order valence-electron chi connectivity index (χ3n) is 4.39. The minimum atomic E-state index is -0.956. The minimum absolute atomic E-state index is 0.223. The highest BCUT2D eigenvalue weighted by molar-refractivity contribution is 6.39. The van der Waals surface area contributed by atoms with Crippen LogP contribution < -0.4 is 25.5 Å². The van der Waals surface area contributed by atoms with Gasteiger partial charge in [0.05, 0.1) is 23.5 Å². The molecule has 0 heterocycles. The number of ether oxygens (including phenoxy) is 2. The zero-order valence-corrected chi connectivity index (χ0v) is 19.5. The molecule has 0 aliphatic heterocycles. The van der Waals surface area contributed by atoms with Gasteiger partial charge in [-0.15, -0.1) is 0 Å². The van der Waals surface area contributed by atoms with Gasteiger partial charge in [-0.25, -0.2) is 5.43 Å². The summed E-state index contributed by atoms with van der Waals surface area (Å²) >= 11 is 6.21. The molecule has 0 aliphatic carbocycles. The first kappa shape index (κ1) is 25.3. The van der Waals surface area contributed by atoms with Crippen LogP contribution in [0, 0.1) is 0 Å². The number of amides is 3. The second-order valence-corrected chi connectivity index (χ2v) is 7.38. The van der Waals surface area contributed by atoms with E-state index < -0.39 is 11.8 Å². The van der Waals surface area contributed by atoms with Crippen molar-refractivity contribution < 1.29 is 23.9 Å². The number of para-hydroxylation sites is 3. The van der Waals surface area contributed by atoms with Gasteiger partial charge in [0.2, 0.25) is 0 Å². The maximum absolute atomic E-state index is 12.1. The molecule has 0 radical (unpaired) electrons. The standard InChI is InChI=1S/C25H23ClN4O5/c1-2-34-22-11-7-6-10-20(22)29-24(32)25(33)30-27-15-17-12-13-21(19(26)14-17)35-16-23(31)28-18-8-4-3-5-9-18/h3-15H,2,16H2,1H3,(H,28,31)(H,29,32)(H,30,33)/b27-15-. The van der Waals surface area contributed by atoms with Crippen LogP contribution in [0.2, 0.25) is 5.02 Å². The minimum Gasteiger partial charge on any atom is -0.492 e. The molecule has 3 aromatic carbocycles.